The standard InChI is InChI=1S/C13H23N3O2S2/c1-10(7-8-19-4)15-13-6-5-11(9-12(13)14)20(17,18)16(2)3/h5-6,9-10,15H,7-8,14H2,1-4H3. The van der Waals surface area contributed by atoms with Gasteiger partial charge in [-0.3, -0.25) is 0 Å². The lowest BCUT2D eigenvalue weighted by Crippen LogP contribution is -2.22. The zero-order valence-corrected chi connectivity index (χ0v) is 14.0. The van der Waals surface area contributed by atoms with E-state index < -0.39 is 10.0 Å². The van der Waals surface area contributed by atoms with Crippen molar-refractivity contribution in [3.05, 3.63) is 18.2 Å². The Hall–Kier alpha value is -0.920. The summed E-state index contributed by atoms with van der Waals surface area (Å²) in [6.07, 6.45) is 3.10. The van der Waals surface area contributed by atoms with Crippen LogP contribution in [0.2, 0.25) is 0 Å². The predicted octanol–water partition coefficient (Wildman–Crippen LogP) is 2.07. The van der Waals surface area contributed by atoms with Crippen molar-refractivity contribution in [3.63, 3.8) is 0 Å². The molecule has 0 aromatic heterocycles. The van der Waals surface area contributed by atoms with Gasteiger partial charge < -0.3 is 11.1 Å². The zero-order valence-electron chi connectivity index (χ0n) is 12.4. The highest BCUT2D eigenvalue weighted by Crippen LogP contribution is 2.25. The van der Waals surface area contributed by atoms with Gasteiger partial charge in [-0.15, -0.1) is 0 Å². The number of nitrogens with one attached hydrogen (secondary N) is 1. The number of rotatable bonds is 7. The molecule has 5 nitrogen and oxygen atoms in total. The minimum absolute atomic E-state index is 0.210. The van der Waals surface area contributed by atoms with Gasteiger partial charge in [-0.05, 0) is 43.6 Å². The van der Waals surface area contributed by atoms with Crippen molar-refractivity contribution < 1.29 is 8.42 Å². The molecule has 0 fully saturated rings. The first-order chi connectivity index (χ1) is 9.28. The van der Waals surface area contributed by atoms with Gasteiger partial charge in [0.05, 0.1) is 16.3 Å². The van der Waals surface area contributed by atoms with E-state index in [1.165, 1.54) is 24.5 Å². The predicted molar refractivity (Wildman–Crippen MR) is 87.8 cm³/mol. The second-order valence-electron chi connectivity index (χ2n) is 4.86. The van der Waals surface area contributed by atoms with Gasteiger partial charge in [0.2, 0.25) is 10.0 Å². The molecule has 1 atom stereocenters. The first-order valence-electron chi connectivity index (χ1n) is 6.36. The van der Waals surface area contributed by atoms with Crippen LogP contribution in [0.3, 0.4) is 0 Å². The van der Waals surface area contributed by atoms with E-state index in [2.05, 4.69) is 18.5 Å². The molecule has 1 rings (SSSR count). The lowest BCUT2D eigenvalue weighted by molar-refractivity contribution is 0.521. The van der Waals surface area contributed by atoms with Gasteiger partial charge in [0.1, 0.15) is 0 Å². The molecule has 20 heavy (non-hydrogen) atoms. The molecule has 0 amide bonds. The third-order valence-corrected chi connectivity index (χ3v) is 5.41. The average molecular weight is 317 g/mol. The van der Waals surface area contributed by atoms with Crippen LogP contribution in [-0.2, 0) is 10.0 Å². The summed E-state index contributed by atoms with van der Waals surface area (Å²) in [5.74, 6) is 1.07. The zero-order chi connectivity index (χ0) is 15.3. The summed E-state index contributed by atoms with van der Waals surface area (Å²) in [6, 6.07) is 5.09. The molecule has 0 aliphatic rings. The van der Waals surface area contributed by atoms with Gasteiger partial charge in [-0.2, -0.15) is 11.8 Å². The molecule has 1 aromatic carbocycles. The normalized spacial score (nSPS) is 13.4. The minimum Gasteiger partial charge on any atom is -0.397 e. The number of anilines is 2. The van der Waals surface area contributed by atoms with Crippen molar-refractivity contribution >= 4 is 33.2 Å². The molecule has 0 bridgehead atoms. The quantitative estimate of drug-likeness (QED) is 0.753. The minimum atomic E-state index is -3.44. The van der Waals surface area contributed by atoms with E-state index in [-0.39, 0.29) is 4.90 Å². The summed E-state index contributed by atoms with van der Waals surface area (Å²) in [4.78, 5) is 0.210. The first kappa shape index (κ1) is 17.1. The van der Waals surface area contributed by atoms with E-state index in [1.807, 2.05) is 0 Å². The fraction of sp³-hybridized carbons (Fsp3) is 0.538. The van der Waals surface area contributed by atoms with Crippen molar-refractivity contribution in [2.24, 2.45) is 0 Å². The molecule has 0 heterocycles. The fourth-order valence-corrected chi connectivity index (χ4v) is 3.20. The molecule has 114 valence electrons. The molecular formula is C13H23N3O2S2. The third kappa shape index (κ3) is 4.29. The molecule has 3 N–H and O–H groups in total. The molecular weight excluding hydrogens is 294 g/mol. The number of hydrogen-bond donors (Lipinski definition) is 2. The number of nitrogen functional groups attached to an aromatic ring is 1. The Morgan fingerprint density at radius 3 is 2.55 bits per heavy atom. The lowest BCUT2D eigenvalue weighted by Gasteiger charge is -2.18. The van der Waals surface area contributed by atoms with Crippen LogP contribution in [0.5, 0.6) is 0 Å². The first-order valence-corrected chi connectivity index (χ1v) is 9.20. The van der Waals surface area contributed by atoms with Gasteiger partial charge in [0.15, 0.2) is 0 Å². The van der Waals surface area contributed by atoms with Crippen LogP contribution in [0.25, 0.3) is 0 Å². The topological polar surface area (TPSA) is 75.4 Å². The van der Waals surface area contributed by atoms with Crippen LogP contribution < -0.4 is 11.1 Å². The maximum absolute atomic E-state index is 12.0. The van der Waals surface area contributed by atoms with Crippen molar-refractivity contribution in [3.8, 4) is 0 Å². The van der Waals surface area contributed by atoms with Gasteiger partial charge in [-0.1, -0.05) is 0 Å². The van der Waals surface area contributed by atoms with Gasteiger partial charge in [-0.25, -0.2) is 12.7 Å². The highest BCUT2D eigenvalue weighted by atomic mass is 32.2. The van der Waals surface area contributed by atoms with E-state index >= 15 is 0 Å². The SMILES string of the molecule is CSCCC(C)Nc1ccc(S(=O)(=O)N(C)C)cc1N. The Morgan fingerprint density at radius 1 is 1.40 bits per heavy atom. The summed E-state index contributed by atoms with van der Waals surface area (Å²) in [6.45, 7) is 2.08. The molecule has 0 aliphatic heterocycles. The van der Waals surface area contributed by atoms with Crippen molar-refractivity contribution in [2.45, 2.75) is 24.3 Å². The van der Waals surface area contributed by atoms with Gasteiger partial charge in [0.25, 0.3) is 0 Å². The molecule has 0 saturated carbocycles. The average Bonchev–Trinajstić information content (AvgIpc) is 2.38. The second-order valence-corrected chi connectivity index (χ2v) is 8.00. The summed E-state index contributed by atoms with van der Waals surface area (Å²) in [5, 5.41) is 3.31. The van der Waals surface area contributed by atoms with Crippen LogP contribution in [0.1, 0.15) is 13.3 Å². The highest BCUT2D eigenvalue weighted by Gasteiger charge is 2.18. The van der Waals surface area contributed by atoms with Crippen LogP contribution in [0.4, 0.5) is 11.4 Å². The Balaban J connectivity index is 2.89. The monoisotopic (exact) mass is 317 g/mol. The van der Waals surface area contributed by atoms with Crippen molar-refractivity contribution in [2.75, 3.05) is 37.2 Å². The lowest BCUT2D eigenvalue weighted by atomic mass is 10.2. The summed E-state index contributed by atoms with van der Waals surface area (Å²) >= 11 is 1.80. The van der Waals surface area contributed by atoms with E-state index in [9.17, 15) is 8.42 Å². The largest absolute Gasteiger partial charge is 0.397 e. The van der Waals surface area contributed by atoms with E-state index in [0.717, 1.165) is 17.9 Å². The summed E-state index contributed by atoms with van der Waals surface area (Å²) < 4.78 is 25.2. The Morgan fingerprint density at radius 2 is 2.05 bits per heavy atom. The third-order valence-electron chi connectivity index (χ3n) is 2.96. The number of thioether (sulfide) groups is 1. The maximum Gasteiger partial charge on any atom is 0.242 e. The number of nitrogens with zero attached hydrogens (tertiary/aromatic N) is 1. The second kappa shape index (κ2) is 7.19. The Labute approximate surface area is 126 Å². The Kier molecular flexibility index (Phi) is 6.16. The summed E-state index contributed by atoms with van der Waals surface area (Å²) in [5.41, 5.74) is 7.17. The highest BCUT2D eigenvalue weighted by molar-refractivity contribution is 7.98. The van der Waals surface area contributed by atoms with Gasteiger partial charge >= 0.3 is 0 Å². The Bertz CT molecular complexity index is 545. The molecule has 0 aliphatic carbocycles. The van der Waals surface area contributed by atoms with Crippen LogP contribution in [0.15, 0.2) is 23.1 Å². The van der Waals surface area contributed by atoms with Crippen LogP contribution in [0, 0.1) is 0 Å². The number of sulfonamides is 1. The van der Waals surface area contributed by atoms with Crippen LogP contribution >= 0.6 is 11.8 Å². The maximum atomic E-state index is 12.0. The van der Waals surface area contributed by atoms with Crippen molar-refractivity contribution in [1.29, 1.82) is 0 Å². The number of hydrogen-bond acceptors (Lipinski definition) is 5. The smallest absolute Gasteiger partial charge is 0.242 e. The van der Waals surface area contributed by atoms with Gasteiger partial charge in [0, 0.05) is 20.1 Å². The van der Waals surface area contributed by atoms with E-state index in [1.54, 1.807) is 23.9 Å². The molecule has 0 saturated heterocycles. The fourth-order valence-electron chi connectivity index (χ4n) is 1.68. The molecule has 1 unspecified atom stereocenters. The molecule has 7 heteroatoms. The molecule has 0 radical (unpaired) electrons. The van der Waals surface area contributed by atoms with Crippen molar-refractivity contribution in [1.82, 2.24) is 4.31 Å². The molecule has 0 spiro atoms. The number of benzene rings is 1. The van der Waals surface area contributed by atoms with Crippen LogP contribution in [-0.4, -0.2) is 44.9 Å². The van der Waals surface area contributed by atoms with E-state index in [4.69, 9.17) is 5.73 Å². The van der Waals surface area contributed by atoms with E-state index in [0.29, 0.717) is 11.7 Å². The molecule has 1 aromatic rings. The number of nitrogens with two attached hydrogens (primary N) is 1. The summed E-state index contributed by atoms with van der Waals surface area (Å²) in [7, 11) is -0.432.